The van der Waals surface area contributed by atoms with Crippen LogP contribution in [0.4, 0.5) is 0 Å². The molecule has 1 fully saturated rings. The molecule has 1 aromatic heterocycles. The van der Waals surface area contributed by atoms with Crippen molar-refractivity contribution in [3.05, 3.63) is 16.1 Å². The minimum absolute atomic E-state index is 0.803. The average molecular weight is 239 g/mol. The standard InChI is InChI=1S/C12H21N3S/c1-9-5-14-7-11(9)6-13-4-3-12-8-16-10(2)15-12/h8-9,11,13-14H,3-7H2,1-2H3/t9-,11-/m1/s1. The summed E-state index contributed by atoms with van der Waals surface area (Å²) >= 11 is 1.74. The second kappa shape index (κ2) is 5.75. The van der Waals surface area contributed by atoms with E-state index in [1.165, 1.54) is 23.8 Å². The Bertz CT molecular complexity index is 324. The Morgan fingerprint density at radius 1 is 1.56 bits per heavy atom. The number of hydrogen-bond donors (Lipinski definition) is 2. The van der Waals surface area contributed by atoms with Crippen molar-refractivity contribution in [1.82, 2.24) is 15.6 Å². The highest BCUT2D eigenvalue weighted by Crippen LogP contribution is 2.14. The zero-order valence-electron chi connectivity index (χ0n) is 10.1. The first kappa shape index (κ1) is 12.0. The van der Waals surface area contributed by atoms with E-state index in [1.54, 1.807) is 11.3 Å². The lowest BCUT2D eigenvalue weighted by Gasteiger charge is -2.14. The van der Waals surface area contributed by atoms with E-state index in [1.807, 2.05) is 0 Å². The Morgan fingerprint density at radius 2 is 2.44 bits per heavy atom. The van der Waals surface area contributed by atoms with Gasteiger partial charge in [-0.15, -0.1) is 11.3 Å². The molecule has 0 radical (unpaired) electrons. The molecule has 0 aromatic carbocycles. The summed E-state index contributed by atoms with van der Waals surface area (Å²) in [6, 6.07) is 0. The zero-order valence-corrected chi connectivity index (χ0v) is 10.9. The van der Waals surface area contributed by atoms with E-state index in [0.717, 1.165) is 31.3 Å². The second-order valence-corrected chi connectivity index (χ2v) is 5.77. The van der Waals surface area contributed by atoms with Gasteiger partial charge in [0.25, 0.3) is 0 Å². The van der Waals surface area contributed by atoms with E-state index in [9.17, 15) is 0 Å². The SMILES string of the molecule is Cc1nc(CCNC[C@@H]2CNC[C@H]2C)cs1. The first-order chi connectivity index (χ1) is 7.75. The van der Waals surface area contributed by atoms with Crippen LogP contribution in [0.25, 0.3) is 0 Å². The van der Waals surface area contributed by atoms with E-state index in [2.05, 4.69) is 34.8 Å². The third-order valence-electron chi connectivity index (χ3n) is 3.31. The summed E-state index contributed by atoms with van der Waals surface area (Å²) in [5, 5.41) is 10.3. The molecule has 1 aliphatic rings. The number of nitrogens with one attached hydrogen (secondary N) is 2. The van der Waals surface area contributed by atoms with Gasteiger partial charge in [0.15, 0.2) is 0 Å². The summed E-state index contributed by atoms with van der Waals surface area (Å²) in [5.41, 5.74) is 1.23. The van der Waals surface area contributed by atoms with Crippen molar-refractivity contribution < 1.29 is 0 Å². The van der Waals surface area contributed by atoms with Crippen LogP contribution in [0.5, 0.6) is 0 Å². The van der Waals surface area contributed by atoms with Crippen LogP contribution in [-0.2, 0) is 6.42 Å². The number of aromatic nitrogens is 1. The predicted octanol–water partition coefficient (Wildman–Crippen LogP) is 1.44. The molecule has 2 N–H and O–H groups in total. The normalized spacial score (nSPS) is 25.1. The van der Waals surface area contributed by atoms with Crippen molar-refractivity contribution in [2.24, 2.45) is 11.8 Å². The minimum atomic E-state index is 0.803. The molecule has 2 heterocycles. The molecule has 2 rings (SSSR count). The van der Waals surface area contributed by atoms with Gasteiger partial charge in [-0.25, -0.2) is 4.98 Å². The maximum atomic E-state index is 4.46. The van der Waals surface area contributed by atoms with Gasteiger partial charge in [-0.1, -0.05) is 6.92 Å². The summed E-state index contributed by atoms with van der Waals surface area (Å²) in [4.78, 5) is 4.46. The van der Waals surface area contributed by atoms with Gasteiger partial charge in [0.05, 0.1) is 10.7 Å². The summed E-state index contributed by atoms with van der Waals surface area (Å²) in [7, 11) is 0. The van der Waals surface area contributed by atoms with Crippen molar-refractivity contribution in [3.63, 3.8) is 0 Å². The summed E-state index contributed by atoms with van der Waals surface area (Å²) in [5.74, 6) is 1.62. The quantitative estimate of drug-likeness (QED) is 0.764. The molecule has 0 amide bonds. The maximum Gasteiger partial charge on any atom is 0.0897 e. The van der Waals surface area contributed by atoms with E-state index < -0.39 is 0 Å². The molecule has 90 valence electrons. The fraction of sp³-hybridized carbons (Fsp3) is 0.750. The Balaban J connectivity index is 1.61. The van der Waals surface area contributed by atoms with Crippen molar-refractivity contribution in [2.75, 3.05) is 26.2 Å². The van der Waals surface area contributed by atoms with Gasteiger partial charge in [0.1, 0.15) is 0 Å². The molecule has 0 aliphatic carbocycles. The van der Waals surface area contributed by atoms with Gasteiger partial charge in [-0.2, -0.15) is 0 Å². The maximum absolute atomic E-state index is 4.46. The highest BCUT2D eigenvalue weighted by atomic mass is 32.1. The molecule has 2 atom stereocenters. The molecule has 1 saturated heterocycles. The zero-order chi connectivity index (χ0) is 11.4. The number of aryl methyl sites for hydroxylation is 1. The average Bonchev–Trinajstić information content (AvgIpc) is 2.83. The molecule has 1 aliphatic heterocycles. The van der Waals surface area contributed by atoms with Gasteiger partial charge in [0, 0.05) is 18.3 Å². The van der Waals surface area contributed by atoms with E-state index >= 15 is 0 Å². The lowest BCUT2D eigenvalue weighted by Crippen LogP contribution is -2.28. The first-order valence-electron chi connectivity index (χ1n) is 6.08. The van der Waals surface area contributed by atoms with Crippen molar-refractivity contribution in [1.29, 1.82) is 0 Å². The third-order valence-corrected chi connectivity index (χ3v) is 4.13. The molecule has 0 unspecified atom stereocenters. The summed E-state index contributed by atoms with van der Waals surface area (Å²) in [6.45, 7) is 8.93. The molecular weight excluding hydrogens is 218 g/mol. The fourth-order valence-corrected chi connectivity index (χ4v) is 2.81. The largest absolute Gasteiger partial charge is 0.316 e. The Kier molecular flexibility index (Phi) is 4.32. The molecule has 16 heavy (non-hydrogen) atoms. The Morgan fingerprint density at radius 3 is 3.06 bits per heavy atom. The third kappa shape index (κ3) is 3.27. The molecule has 3 nitrogen and oxygen atoms in total. The highest BCUT2D eigenvalue weighted by molar-refractivity contribution is 7.09. The number of thiazole rings is 1. The van der Waals surface area contributed by atoms with E-state index in [4.69, 9.17) is 0 Å². The molecular formula is C12H21N3S. The smallest absolute Gasteiger partial charge is 0.0897 e. The number of nitrogens with zero attached hydrogens (tertiary/aromatic N) is 1. The van der Waals surface area contributed by atoms with Crippen LogP contribution in [0.3, 0.4) is 0 Å². The Labute approximate surface area is 102 Å². The summed E-state index contributed by atoms with van der Waals surface area (Å²) < 4.78 is 0. The van der Waals surface area contributed by atoms with Gasteiger partial charge < -0.3 is 10.6 Å². The molecule has 0 spiro atoms. The van der Waals surface area contributed by atoms with Crippen LogP contribution in [0.15, 0.2) is 5.38 Å². The lowest BCUT2D eigenvalue weighted by atomic mass is 9.98. The van der Waals surface area contributed by atoms with Crippen LogP contribution in [0, 0.1) is 18.8 Å². The molecule has 1 aromatic rings. The fourth-order valence-electron chi connectivity index (χ4n) is 2.16. The topological polar surface area (TPSA) is 37.0 Å². The van der Waals surface area contributed by atoms with Gasteiger partial charge in [-0.05, 0) is 38.4 Å². The van der Waals surface area contributed by atoms with Gasteiger partial charge in [0.2, 0.25) is 0 Å². The van der Waals surface area contributed by atoms with Crippen molar-refractivity contribution in [3.8, 4) is 0 Å². The van der Waals surface area contributed by atoms with E-state index in [0.29, 0.717) is 0 Å². The lowest BCUT2D eigenvalue weighted by molar-refractivity contribution is 0.422. The van der Waals surface area contributed by atoms with Crippen LogP contribution < -0.4 is 10.6 Å². The summed E-state index contributed by atoms with van der Waals surface area (Å²) in [6.07, 6.45) is 1.05. The van der Waals surface area contributed by atoms with Gasteiger partial charge in [-0.3, -0.25) is 0 Å². The number of hydrogen-bond acceptors (Lipinski definition) is 4. The van der Waals surface area contributed by atoms with Crippen LogP contribution in [-0.4, -0.2) is 31.2 Å². The first-order valence-corrected chi connectivity index (χ1v) is 6.96. The highest BCUT2D eigenvalue weighted by Gasteiger charge is 2.21. The number of rotatable bonds is 5. The van der Waals surface area contributed by atoms with Gasteiger partial charge >= 0.3 is 0 Å². The monoisotopic (exact) mass is 239 g/mol. The van der Waals surface area contributed by atoms with Crippen molar-refractivity contribution >= 4 is 11.3 Å². The molecule has 0 saturated carbocycles. The van der Waals surface area contributed by atoms with Crippen LogP contribution in [0.1, 0.15) is 17.6 Å². The second-order valence-electron chi connectivity index (χ2n) is 4.71. The molecule has 4 heteroatoms. The molecule has 0 bridgehead atoms. The minimum Gasteiger partial charge on any atom is -0.316 e. The van der Waals surface area contributed by atoms with Crippen LogP contribution >= 0.6 is 11.3 Å². The van der Waals surface area contributed by atoms with E-state index in [-0.39, 0.29) is 0 Å². The Hall–Kier alpha value is -0.450. The van der Waals surface area contributed by atoms with Crippen molar-refractivity contribution in [2.45, 2.75) is 20.3 Å². The predicted molar refractivity (Wildman–Crippen MR) is 68.9 cm³/mol. The van der Waals surface area contributed by atoms with Crippen LogP contribution in [0.2, 0.25) is 0 Å².